The molecule has 6 nitrogen and oxygen atoms in total. The molecule has 0 radical (unpaired) electrons. The van der Waals surface area contributed by atoms with Crippen LogP contribution in [0.15, 0.2) is 54.6 Å². The normalized spacial score (nSPS) is 15.7. The molecule has 0 bridgehead atoms. The summed E-state index contributed by atoms with van der Waals surface area (Å²) in [6.07, 6.45) is 0. The van der Waals surface area contributed by atoms with Crippen LogP contribution >= 0.6 is 0 Å². The molecule has 1 aliphatic rings. The number of morpholine rings is 1. The van der Waals surface area contributed by atoms with Gasteiger partial charge in [-0.3, -0.25) is 14.5 Å². The molecule has 2 amide bonds. The highest BCUT2D eigenvalue weighted by atomic mass is 16.5. The average molecular weight is 367 g/mol. The summed E-state index contributed by atoms with van der Waals surface area (Å²) in [6, 6.07) is 17.2. The van der Waals surface area contributed by atoms with Crippen LogP contribution in [-0.4, -0.2) is 49.6 Å². The molecule has 2 aromatic carbocycles. The number of nitrogens with zero attached hydrogens (tertiary/aromatic N) is 1. The Morgan fingerprint density at radius 3 is 2.52 bits per heavy atom. The van der Waals surface area contributed by atoms with E-state index in [1.807, 2.05) is 18.2 Å². The minimum Gasteiger partial charge on any atom is -0.379 e. The molecule has 27 heavy (non-hydrogen) atoms. The van der Waals surface area contributed by atoms with E-state index < -0.39 is 0 Å². The Bertz CT molecular complexity index is 773. The van der Waals surface area contributed by atoms with Crippen molar-refractivity contribution in [2.45, 2.75) is 13.0 Å². The van der Waals surface area contributed by atoms with Gasteiger partial charge in [0.05, 0.1) is 19.3 Å². The van der Waals surface area contributed by atoms with Crippen molar-refractivity contribution in [2.24, 2.45) is 0 Å². The fourth-order valence-electron chi connectivity index (χ4n) is 3.25. The molecule has 1 heterocycles. The Morgan fingerprint density at radius 1 is 1.07 bits per heavy atom. The monoisotopic (exact) mass is 367 g/mol. The second-order valence-electron chi connectivity index (χ2n) is 6.55. The zero-order valence-corrected chi connectivity index (χ0v) is 15.5. The third kappa shape index (κ3) is 5.39. The average Bonchev–Trinajstić information content (AvgIpc) is 2.69. The quantitative estimate of drug-likeness (QED) is 0.823. The minimum atomic E-state index is -0.163. The predicted molar refractivity (Wildman–Crippen MR) is 105 cm³/mol. The van der Waals surface area contributed by atoms with Crippen molar-refractivity contribution in [2.75, 3.05) is 38.2 Å². The van der Waals surface area contributed by atoms with E-state index in [0.717, 1.165) is 13.1 Å². The van der Waals surface area contributed by atoms with Gasteiger partial charge in [-0.25, -0.2) is 0 Å². The van der Waals surface area contributed by atoms with Gasteiger partial charge >= 0.3 is 0 Å². The van der Waals surface area contributed by atoms with Gasteiger partial charge in [0.2, 0.25) is 5.91 Å². The summed E-state index contributed by atoms with van der Waals surface area (Å²) in [5.41, 5.74) is 2.31. The number of nitrogens with one attached hydrogen (secondary N) is 2. The van der Waals surface area contributed by atoms with Crippen molar-refractivity contribution in [3.8, 4) is 0 Å². The molecule has 0 saturated carbocycles. The zero-order chi connectivity index (χ0) is 19.1. The molecule has 3 rings (SSSR count). The second kappa shape index (κ2) is 9.30. The highest BCUT2D eigenvalue weighted by Crippen LogP contribution is 2.21. The molecule has 1 fully saturated rings. The number of hydrogen-bond acceptors (Lipinski definition) is 4. The van der Waals surface area contributed by atoms with E-state index >= 15 is 0 Å². The summed E-state index contributed by atoms with van der Waals surface area (Å²) in [6.45, 7) is 5.04. The number of ether oxygens (including phenoxy) is 1. The zero-order valence-electron chi connectivity index (χ0n) is 15.5. The van der Waals surface area contributed by atoms with Crippen molar-refractivity contribution in [1.82, 2.24) is 10.2 Å². The molecule has 1 aliphatic heterocycles. The molecular formula is C21H25N3O3. The summed E-state index contributed by atoms with van der Waals surface area (Å²) in [5, 5.41) is 5.74. The first kappa shape index (κ1) is 19.1. The van der Waals surface area contributed by atoms with Crippen LogP contribution in [0.25, 0.3) is 0 Å². The van der Waals surface area contributed by atoms with Crippen molar-refractivity contribution in [3.05, 3.63) is 65.7 Å². The molecule has 2 aromatic rings. The summed E-state index contributed by atoms with van der Waals surface area (Å²) >= 11 is 0. The van der Waals surface area contributed by atoms with Gasteiger partial charge in [-0.2, -0.15) is 0 Å². The number of benzene rings is 2. The smallest absolute Gasteiger partial charge is 0.251 e. The van der Waals surface area contributed by atoms with E-state index in [-0.39, 0.29) is 17.9 Å². The first-order chi connectivity index (χ1) is 13.1. The predicted octanol–water partition coefficient (Wildman–Crippen LogP) is 2.45. The Labute approximate surface area is 159 Å². The fraction of sp³-hybridized carbons (Fsp3) is 0.333. The molecule has 1 unspecified atom stereocenters. The van der Waals surface area contributed by atoms with E-state index in [1.54, 1.807) is 24.3 Å². The largest absolute Gasteiger partial charge is 0.379 e. The van der Waals surface area contributed by atoms with Crippen LogP contribution in [0.3, 0.4) is 0 Å². The van der Waals surface area contributed by atoms with E-state index in [9.17, 15) is 9.59 Å². The number of rotatable bonds is 6. The fourth-order valence-corrected chi connectivity index (χ4v) is 3.25. The van der Waals surface area contributed by atoms with Gasteiger partial charge in [0.1, 0.15) is 0 Å². The maximum Gasteiger partial charge on any atom is 0.251 e. The Morgan fingerprint density at radius 2 is 1.81 bits per heavy atom. The van der Waals surface area contributed by atoms with Crippen LogP contribution in [0.1, 0.15) is 28.9 Å². The number of hydrogen-bond donors (Lipinski definition) is 2. The van der Waals surface area contributed by atoms with E-state index in [1.165, 1.54) is 12.5 Å². The van der Waals surface area contributed by atoms with Crippen molar-refractivity contribution in [1.29, 1.82) is 0 Å². The molecular weight excluding hydrogens is 342 g/mol. The van der Waals surface area contributed by atoms with Gasteiger partial charge < -0.3 is 15.4 Å². The lowest BCUT2D eigenvalue weighted by atomic mass is 10.0. The Hall–Kier alpha value is -2.70. The van der Waals surface area contributed by atoms with Crippen molar-refractivity contribution >= 4 is 17.5 Å². The van der Waals surface area contributed by atoms with E-state index in [0.29, 0.717) is 31.0 Å². The van der Waals surface area contributed by atoms with Gasteiger partial charge in [-0.05, 0) is 23.8 Å². The maximum absolute atomic E-state index is 12.6. The molecule has 0 aliphatic carbocycles. The molecule has 0 spiro atoms. The van der Waals surface area contributed by atoms with Crippen molar-refractivity contribution in [3.63, 3.8) is 0 Å². The van der Waals surface area contributed by atoms with E-state index in [4.69, 9.17) is 4.74 Å². The highest BCUT2D eigenvalue weighted by Gasteiger charge is 2.23. The Balaban J connectivity index is 1.69. The Kier molecular flexibility index (Phi) is 6.57. The molecule has 142 valence electrons. The van der Waals surface area contributed by atoms with Crippen LogP contribution in [0, 0.1) is 0 Å². The molecule has 1 atom stereocenters. The SMILES string of the molecule is CC(=O)Nc1cccc(C(=O)NCC(c2ccccc2)N2CCOCC2)c1. The third-order valence-electron chi connectivity index (χ3n) is 4.57. The molecule has 6 heteroatoms. The van der Waals surface area contributed by atoms with Gasteiger partial charge in [-0.15, -0.1) is 0 Å². The summed E-state index contributed by atoms with van der Waals surface area (Å²) in [5.74, 6) is -0.319. The maximum atomic E-state index is 12.6. The highest BCUT2D eigenvalue weighted by molar-refractivity contribution is 5.96. The van der Waals surface area contributed by atoms with Gasteiger partial charge in [-0.1, -0.05) is 36.4 Å². The van der Waals surface area contributed by atoms with Crippen LogP contribution in [-0.2, 0) is 9.53 Å². The molecule has 2 N–H and O–H groups in total. The summed E-state index contributed by atoms with van der Waals surface area (Å²) in [7, 11) is 0. The number of amides is 2. The number of carbonyl (C=O) groups is 2. The minimum absolute atomic E-state index is 0.0950. The van der Waals surface area contributed by atoms with Crippen LogP contribution in [0.4, 0.5) is 5.69 Å². The van der Waals surface area contributed by atoms with Crippen LogP contribution in [0.2, 0.25) is 0 Å². The van der Waals surface area contributed by atoms with Gasteiger partial charge in [0.15, 0.2) is 0 Å². The van der Waals surface area contributed by atoms with Gasteiger partial charge in [0, 0.05) is 37.8 Å². The molecule has 0 aromatic heterocycles. The van der Waals surface area contributed by atoms with Crippen LogP contribution < -0.4 is 10.6 Å². The second-order valence-corrected chi connectivity index (χ2v) is 6.55. The van der Waals surface area contributed by atoms with Crippen molar-refractivity contribution < 1.29 is 14.3 Å². The van der Waals surface area contributed by atoms with Gasteiger partial charge in [0.25, 0.3) is 5.91 Å². The number of carbonyl (C=O) groups excluding carboxylic acids is 2. The first-order valence-corrected chi connectivity index (χ1v) is 9.16. The van der Waals surface area contributed by atoms with Crippen LogP contribution in [0.5, 0.6) is 0 Å². The molecule has 1 saturated heterocycles. The lowest BCUT2D eigenvalue weighted by molar-refractivity contribution is -0.114. The standard InChI is InChI=1S/C21H25N3O3/c1-16(25)23-19-9-5-8-18(14-19)21(26)22-15-20(17-6-3-2-4-7-17)24-10-12-27-13-11-24/h2-9,14,20H,10-13,15H2,1H3,(H,22,26)(H,23,25). The number of anilines is 1. The lowest BCUT2D eigenvalue weighted by Crippen LogP contribution is -2.43. The lowest BCUT2D eigenvalue weighted by Gasteiger charge is -2.35. The summed E-state index contributed by atoms with van der Waals surface area (Å²) < 4.78 is 5.46. The topological polar surface area (TPSA) is 70.7 Å². The summed E-state index contributed by atoms with van der Waals surface area (Å²) in [4.78, 5) is 26.2. The first-order valence-electron chi connectivity index (χ1n) is 9.16. The third-order valence-corrected chi connectivity index (χ3v) is 4.57. The van der Waals surface area contributed by atoms with E-state index in [2.05, 4.69) is 27.7 Å².